The zero-order valence-electron chi connectivity index (χ0n) is 7.76. The van der Waals surface area contributed by atoms with Crippen LogP contribution in [-0.2, 0) is 14.3 Å². The number of carbonyl (C=O) groups is 2. The van der Waals surface area contributed by atoms with Gasteiger partial charge in [-0.25, -0.2) is 9.59 Å². The third kappa shape index (κ3) is 11.4. The standard InChI is InChI=1S/C4F6O3.HNO2.Na/c5-3(6,7)1(11)13-2(12)4(8,9)10;2-1-3;/h;(H,2,3);/q;;+1/p-1. The van der Waals surface area contributed by atoms with Crippen molar-refractivity contribution in [1.82, 2.24) is 0 Å². The summed E-state index contributed by atoms with van der Waals surface area (Å²) in [7, 11) is 0. The molecule has 0 aliphatic heterocycles. The van der Waals surface area contributed by atoms with Gasteiger partial charge in [0.25, 0.3) is 0 Å². The molecule has 13 heteroatoms. The first kappa shape index (κ1) is 21.4. The zero-order valence-corrected chi connectivity index (χ0v) is 9.76. The summed E-state index contributed by atoms with van der Waals surface area (Å²) in [5.74, 6) is -6.40. The summed E-state index contributed by atoms with van der Waals surface area (Å²) in [6, 6.07) is 0. The smallest absolute Gasteiger partial charge is 0.444 e. The van der Waals surface area contributed by atoms with E-state index in [9.17, 15) is 35.9 Å². The van der Waals surface area contributed by atoms with E-state index < -0.39 is 24.3 Å². The maximum atomic E-state index is 11.2. The van der Waals surface area contributed by atoms with Gasteiger partial charge in [-0.2, -0.15) is 26.3 Å². The Hall–Kier alpha value is -0.880. The van der Waals surface area contributed by atoms with Gasteiger partial charge in [0.1, 0.15) is 0 Å². The number of alkyl halides is 6. The Kier molecular flexibility index (Phi) is 10.4. The minimum atomic E-state index is -5.62. The van der Waals surface area contributed by atoms with Crippen LogP contribution in [0.5, 0.6) is 0 Å². The summed E-state index contributed by atoms with van der Waals surface area (Å²) in [5, 5.41) is 9.00. The maximum Gasteiger partial charge on any atom is 1.00 e. The Morgan fingerprint density at radius 3 is 1.24 bits per heavy atom. The molecule has 0 aromatic rings. The van der Waals surface area contributed by atoms with Gasteiger partial charge in [0, 0.05) is 0 Å². The van der Waals surface area contributed by atoms with E-state index >= 15 is 0 Å². The van der Waals surface area contributed by atoms with Gasteiger partial charge in [0.15, 0.2) is 0 Å². The second-order valence-electron chi connectivity index (χ2n) is 1.75. The Bertz CT molecular complexity index is 251. The molecule has 0 atom stereocenters. The molecular weight excluding hydrogens is 279 g/mol. The molecule has 0 heterocycles. The van der Waals surface area contributed by atoms with Crippen LogP contribution >= 0.6 is 0 Å². The fourth-order valence-corrected chi connectivity index (χ4v) is 0.200. The van der Waals surface area contributed by atoms with Crippen molar-refractivity contribution in [3.8, 4) is 0 Å². The Balaban J connectivity index is -0.000000440. The van der Waals surface area contributed by atoms with E-state index in [0.717, 1.165) is 5.34 Å². The van der Waals surface area contributed by atoms with Crippen molar-refractivity contribution in [2.24, 2.45) is 5.34 Å². The van der Waals surface area contributed by atoms with Crippen molar-refractivity contribution < 1.29 is 70.2 Å². The van der Waals surface area contributed by atoms with Crippen molar-refractivity contribution in [1.29, 1.82) is 0 Å². The van der Waals surface area contributed by atoms with Crippen molar-refractivity contribution in [2.75, 3.05) is 0 Å². The quantitative estimate of drug-likeness (QED) is 0.133. The number of rotatable bonds is 0. The van der Waals surface area contributed by atoms with Crippen LogP contribution in [0.3, 0.4) is 0 Å². The van der Waals surface area contributed by atoms with E-state index in [0.29, 0.717) is 0 Å². The predicted octanol–water partition coefficient (Wildman–Crippen LogP) is -1.56. The summed E-state index contributed by atoms with van der Waals surface area (Å²) >= 11 is 0. The average molecular weight is 279 g/mol. The molecule has 0 unspecified atom stereocenters. The van der Waals surface area contributed by atoms with Gasteiger partial charge in [0.2, 0.25) is 0 Å². The minimum absolute atomic E-state index is 0. The van der Waals surface area contributed by atoms with Gasteiger partial charge < -0.3 is 14.9 Å². The topological polar surface area (TPSA) is 95.9 Å². The molecule has 0 rings (SSSR count). The van der Waals surface area contributed by atoms with Crippen LogP contribution in [-0.4, -0.2) is 24.3 Å². The number of halogens is 6. The molecule has 0 aliphatic rings. The first-order valence-corrected chi connectivity index (χ1v) is 2.82. The van der Waals surface area contributed by atoms with E-state index in [2.05, 4.69) is 4.74 Å². The molecule has 0 N–H and O–H groups in total. The molecular formula is C4F6NNaO5. The van der Waals surface area contributed by atoms with E-state index in [1.165, 1.54) is 0 Å². The summed E-state index contributed by atoms with van der Waals surface area (Å²) in [6.45, 7) is 0. The molecule has 94 valence electrons. The molecule has 0 radical (unpaired) electrons. The van der Waals surface area contributed by atoms with Gasteiger partial charge in [-0.1, -0.05) is 0 Å². The molecule has 17 heavy (non-hydrogen) atoms. The first-order chi connectivity index (χ1) is 6.96. The average Bonchev–Trinajstić information content (AvgIpc) is 2.01. The molecule has 0 fully saturated rings. The van der Waals surface area contributed by atoms with Crippen LogP contribution in [0.2, 0.25) is 0 Å². The second kappa shape index (κ2) is 8.25. The molecule has 0 spiro atoms. The molecule has 0 saturated heterocycles. The molecule has 0 bridgehead atoms. The predicted molar refractivity (Wildman–Crippen MR) is 32.4 cm³/mol. The number of ether oxygens (including phenoxy) is 1. The van der Waals surface area contributed by atoms with Crippen molar-refractivity contribution in [3.05, 3.63) is 10.1 Å². The summed E-state index contributed by atoms with van der Waals surface area (Å²) in [4.78, 5) is 27.3. The summed E-state index contributed by atoms with van der Waals surface area (Å²) < 4.78 is 69.7. The van der Waals surface area contributed by atoms with Crippen LogP contribution < -0.4 is 29.6 Å². The van der Waals surface area contributed by atoms with Gasteiger partial charge >= 0.3 is 53.8 Å². The molecule has 0 aromatic heterocycles. The van der Waals surface area contributed by atoms with E-state index in [4.69, 9.17) is 10.1 Å². The van der Waals surface area contributed by atoms with Gasteiger partial charge in [0.05, 0.1) is 0 Å². The number of carbonyl (C=O) groups excluding carboxylic acids is 2. The molecule has 0 aliphatic carbocycles. The summed E-state index contributed by atoms with van der Waals surface area (Å²) in [5.41, 5.74) is 0. The van der Waals surface area contributed by atoms with Crippen LogP contribution in [0.4, 0.5) is 26.3 Å². The third-order valence-corrected chi connectivity index (χ3v) is 0.648. The van der Waals surface area contributed by atoms with Crippen molar-refractivity contribution >= 4 is 11.9 Å². The van der Waals surface area contributed by atoms with Crippen molar-refractivity contribution in [3.63, 3.8) is 0 Å². The SMILES string of the molecule is O=C(OC(=O)C(F)(F)F)C(F)(F)F.O=N[O-].[Na+]. The van der Waals surface area contributed by atoms with E-state index in [1.807, 2.05) is 0 Å². The van der Waals surface area contributed by atoms with Crippen LogP contribution in [0.25, 0.3) is 0 Å². The van der Waals surface area contributed by atoms with Crippen LogP contribution in [0.1, 0.15) is 0 Å². The zero-order chi connectivity index (χ0) is 13.6. The fraction of sp³-hybridized carbons (Fsp3) is 0.500. The number of nitrogens with zero attached hydrogens (tertiary/aromatic N) is 1. The van der Waals surface area contributed by atoms with E-state index in [1.54, 1.807) is 0 Å². The molecule has 0 aromatic carbocycles. The second-order valence-corrected chi connectivity index (χ2v) is 1.75. The van der Waals surface area contributed by atoms with Gasteiger partial charge in [-0.15, -0.1) is 5.34 Å². The molecule has 0 amide bonds. The first-order valence-electron chi connectivity index (χ1n) is 2.82. The van der Waals surface area contributed by atoms with Gasteiger partial charge in [-0.3, -0.25) is 0 Å². The van der Waals surface area contributed by atoms with Crippen molar-refractivity contribution in [2.45, 2.75) is 12.4 Å². The Labute approximate surface area is 110 Å². The van der Waals surface area contributed by atoms with E-state index in [-0.39, 0.29) is 29.6 Å². The number of esters is 2. The molecule has 6 nitrogen and oxygen atoms in total. The molecule has 0 saturated carbocycles. The largest absolute Gasteiger partial charge is 1.00 e. The number of hydrogen-bond donors (Lipinski definition) is 0. The minimum Gasteiger partial charge on any atom is -0.444 e. The monoisotopic (exact) mass is 279 g/mol. The summed E-state index contributed by atoms with van der Waals surface area (Å²) in [6.07, 6.45) is -11.2. The van der Waals surface area contributed by atoms with Gasteiger partial charge in [-0.05, 0) is 0 Å². The van der Waals surface area contributed by atoms with Crippen LogP contribution in [0.15, 0.2) is 5.34 Å². The maximum absolute atomic E-state index is 11.2. The van der Waals surface area contributed by atoms with Crippen LogP contribution in [0, 0.1) is 10.1 Å². The third-order valence-electron chi connectivity index (χ3n) is 0.648. The Morgan fingerprint density at radius 2 is 1.12 bits per heavy atom. The Morgan fingerprint density at radius 1 is 0.941 bits per heavy atom. The fourth-order valence-electron chi connectivity index (χ4n) is 0.200. The number of hydrogen-bond acceptors (Lipinski definition) is 6. The normalized spacial score (nSPS) is 10.2.